The largest absolute Gasteiger partial charge is 0.479 e. The number of para-hydroxylation sites is 1. The van der Waals surface area contributed by atoms with Gasteiger partial charge in [-0.1, -0.05) is 24.3 Å². The summed E-state index contributed by atoms with van der Waals surface area (Å²) in [5.41, 5.74) is 0.528. The summed E-state index contributed by atoms with van der Waals surface area (Å²) >= 11 is 0. The maximum Gasteiger partial charge on any atom is 0.344 e. The highest BCUT2D eigenvalue weighted by Gasteiger charge is 2.19. The smallest absolute Gasteiger partial charge is 0.344 e. The standard InChI is InChI=1S/C11H8FNO2/c12-10(11(14)15)9-6-5-7-3-1-2-4-8(7)13-9/h1-6,10H,(H,14,15). The second-order valence-electron chi connectivity index (χ2n) is 3.13. The van der Waals surface area contributed by atoms with Crippen LogP contribution in [0.5, 0.6) is 0 Å². The molecule has 0 saturated carbocycles. The summed E-state index contributed by atoms with van der Waals surface area (Å²) < 4.78 is 13.1. The van der Waals surface area contributed by atoms with Gasteiger partial charge in [-0.15, -0.1) is 0 Å². The van der Waals surface area contributed by atoms with E-state index in [4.69, 9.17) is 5.11 Å². The highest BCUT2D eigenvalue weighted by molar-refractivity contribution is 5.80. The Bertz CT molecular complexity index is 513. The van der Waals surface area contributed by atoms with Gasteiger partial charge >= 0.3 is 5.97 Å². The highest BCUT2D eigenvalue weighted by Crippen LogP contribution is 2.19. The fourth-order valence-corrected chi connectivity index (χ4v) is 1.35. The fourth-order valence-electron chi connectivity index (χ4n) is 1.35. The molecule has 1 unspecified atom stereocenters. The molecular weight excluding hydrogens is 197 g/mol. The maximum absolute atomic E-state index is 13.1. The monoisotopic (exact) mass is 205 g/mol. The van der Waals surface area contributed by atoms with Crippen molar-refractivity contribution in [2.24, 2.45) is 0 Å². The lowest BCUT2D eigenvalue weighted by Gasteiger charge is -2.03. The number of aromatic nitrogens is 1. The zero-order valence-electron chi connectivity index (χ0n) is 7.72. The molecule has 0 radical (unpaired) electrons. The molecule has 76 valence electrons. The van der Waals surface area contributed by atoms with Gasteiger partial charge in [0, 0.05) is 5.39 Å². The van der Waals surface area contributed by atoms with Crippen LogP contribution in [0.3, 0.4) is 0 Å². The lowest BCUT2D eigenvalue weighted by atomic mass is 10.1. The summed E-state index contributed by atoms with van der Waals surface area (Å²) in [4.78, 5) is 14.4. The maximum atomic E-state index is 13.1. The highest BCUT2D eigenvalue weighted by atomic mass is 19.1. The van der Waals surface area contributed by atoms with Crippen molar-refractivity contribution in [3.63, 3.8) is 0 Å². The van der Waals surface area contributed by atoms with Gasteiger partial charge in [-0.25, -0.2) is 14.2 Å². The molecule has 0 fully saturated rings. The first-order chi connectivity index (χ1) is 7.18. The van der Waals surface area contributed by atoms with Gasteiger partial charge in [0.1, 0.15) is 0 Å². The van der Waals surface area contributed by atoms with Crippen molar-refractivity contribution in [2.45, 2.75) is 6.17 Å². The molecule has 0 aliphatic carbocycles. The molecule has 0 spiro atoms. The Labute approximate surface area is 85.2 Å². The fraction of sp³-hybridized carbons (Fsp3) is 0.0909. The first kappa shape index (κ1) is 9.58. The van der Waals surface area contributed by atoms with Gasteiger partial charge < -0.3 is 5.11 Å². The van der Waals surface area contributed by atoms with Crippen molar-refractivity contribution < 1.29 is 14.3 Å². The number of rotatable bonds is 2. The molecule has 0 amide bonds. The number of nitrogens with zero attached hydrogens (tertiary/aromatic N) is 1. The van der Waals surface area contributed by atoms with Crippen LogP contribution in [0.4, 0.5) is 4.39 Å². The third kappa shape index (κ3) is 1.79. The first-order valence-electron chi connectivity index (χ1n) is 4.41. The van der Waals surface area contributed by atoms with E-state index in [1.54, 1.807) is 18.2 Å². The summed E-state index contributed by atoms with van der Waals surface area (Å²) in [6.45, 7) is 0. The Morgan fingerprint density at radius 3 is 2.73 bits per heavy atom. The van der Waals surface area contributed by atoms with Crippen LogP contribution in [-0.4, -0.2) is 16.1 Å². The Morgan fingerprint density at radius 2 is 2.00 bits per heavy atom. The van der Waals surface area contributed by atoms with E-state index < -0.39 is 12.1 Å². The van der Waals surface area contributed by atoms with Crippen LogP contribution in [-0.2, 0) is 4.79 Å². The summed E-state index contributed by atoms with van der Waals surface area (Å²) in [5, 5.41) is 9.35. The van der Waals surface area contributed by atoms with Crippen LogP contribution < -0.4 is 0 Å². The molecule has 2 aromatic rings. The molecule has 1 aromatic heterocycles. The predicted molar refractivity (Wildman–Crippen MR) is 53.2 cm³/mol. The number of benzene rings is 1. The lowest BCUT2D eigenvalue weighted by Crippen LogP contribution is -2.07. The number of fused-ring (bicyclic) bond motifs is 1. The number of carbonyl (C=O) groups is 1. The van der Waals surface area contributed by atoms with Crippen molar-refractivity contribution >= 4 is 16.9 Å². The average Bonchev–Trinajstić information content (AvgIpc) is 2.27. The van der Waals surface area contributed by atoms with E-state index in [9.17, 15) is 9.18 Å². The van der Waals surface area contributed by atoms with E-state index in [2.05, 4.69) is 4.98 Å². The quantitative estimate of drug-likeness (QED) is 0.818. The molecule has 1 aromatic carbocycles. The minimum Gasteiger partial charge on any atom is -0.479 e. The third-order valence-corrected chi connectivity index (χ3v) is 2.10. The molecule has 0 saturated heterocycles. The normalized spacial score (nSPS) is 12.6. The number of halogens is 1. The molecule has 1 N–H and O–H groups in total. The lowest BCUT2D eigenvalue weighted by molar-refractivity contribution is -0.143. The number of alkyl halides is 1. The molecule has 0 aliphatic heterocycles. The number of carboxylic acid groups (broad SMARTS) is 1. The Morgan fingerprint density at radius 1 is 1.27 bits per heavy atom. The Balaban J connectivity index is 2.51. The minimum absolute atomic E-state index is 0.0683. The summed E-state index contributed by atoms with van der Waals surface area (Å²) in [5.74, 6) is -1.52. The van der Waals surface area contributed by atoms with Gasteiger partial charge in [-0.05, 0) is 12.1 Å². The number of pyridine rings is 1. The van der Waals surface area contributed by atoms with Crippen molar-refractivity contribution in [3.8, 4) is 0 Å². The van der Waals surface area contributed by atoms with Crippen LogP contribution in [0.25, 0.3) is 10.9 Å². The molecule has 15 heavy (non-hydrogen) atoms. The molecular formula is C11H8FNO2. The van der Waals surface area contributed by atoms with E-state index in [0.29, 0.717) is 5.52 Å². The van der Waals surface area contributed by atoms with Crippen molar-refractivity contribution in [1.82, 2.24) is 4.98 Å². The van der Waals surface area contributed by atoms with E-state index in [-0.39, 0.29) is 5.69 Å². The molecule has 4 heteroatoms. The van der Waals surface area contributed by atoms with Crippen LogP contribution >= 0.6 is 0 Å². The average molecular weight is 205 g/mol. The van der Waals surface area contributed by atoms with Crippen LogP contribution in [0.1, 0.15) is 11.9 Å². The van der Waals surface area contributed by atoms with Gasteiger partial charge in [0.25, 0.3) is 0 Å². The van der Waals surface area contributed by atoms with E-state index >= 15 is 0 Å². The van der Waals surface area contributed by atoms with Crippen LogP contribution in [0.2, 0.25) is 0 Å². The third-order valence-electron chi connectivity index (χ3n) is 2.10. The van der Waals surface area contributed by atoms with E-state index in [1.807, 2.05) is 12.1 Å². The number of hydrogen-bond donors (Lipinski definition) is 1. The van der Waals surface area contributed by atoms with Gasteiger partial charge in [0.15, 0.2) is 0 Å². The summed E-state index contributed by atoms with van der Waals surface area (Å²) in [6, 6.07) is 10.2. The van der Waals surface area contributed by atoms with Crippen molar-refractivity contribution in [3.05, 3.63) is 42.1 Å². The SMILES string of the molecule is O=C(O)C(F)c1ccc2ccccc2n1. The zero-order chi connectivity index (χ0) is 10.8. The molecule has 3 nitrogen and oxygen atoms in total. The second kappa shape index (κ2) is 3.65. The zero-order valence-corrected chi connectivity index (χ0v) is 7.72. The van der Waals surface area contributed by atoms with E-state index in [0.717, 1.165) is 5.39 Å². The van der Waals surface area contributed by atoms with Crippen LogP contribution in [0.15, 0.2) is 36.4 Å². The number of hydrogen-bond acceptors (Lipinski definition) is 2. The predicted octanol–water partition coefficient (Wildman–Crippen LogP) is 2.33. The topological polar surface area (TPSA) is 50.2 Å². The van der Waals surface area contributed by atoms with E-state index in [1.165, 1.54) is 6.07 Å². The van der Waals surface area contributed by atoms with Gasteiger partial charge in [-0.2, -0.15) is 0 Å². The van der Waals surface area contributed by atoms with Gasteiger partial charge in [-0.3, -0.25) is 0 Å². The number of aliphatic carboxylic acids is 1. The molecule has 1 heterocycles. The summed E-state index contributed by atoms with van der Waals surface area (Å²) in [6.07, 6.45) is -2.06. The van der Waals surface area contributed by atoms with Gasteiger partial charge in [0.05, 0.1) is 11.2 Å². The minimum atomic E-state index is -2.06. The molecule has 2 rings (SSSR count). The van der Waals surface area contributed by atoms with Crippen LogP contribution in [0, 0.1) is 0 Å². The molecule has 1 atom stereocenters. The molecule has 0 bridgehead atoms. The Kier molecular flexibility index (Phi) is 2.33. The second-order valence-corrected chi connectivity index (χ2v) is 3.13. The Hall–Kier alpha value is -1.97. The molecule has 0 aliphatic rings. The first-order valence-corrected chi connectivity index (χ1v) is 4.41. The number of carboxylic acids is 1. The van der Waals surface area contributed by atoms with Crippen molar-refractivity contribution in [1.29, 1.82) is 0 Å². The van der Waals surface area contributed by atoms with Gasteiger partial charge in [0.2, 0.25) is 6.17 Å². The summed E-state index contributed by atoms with van der Waals surface area (Å²) in [7, 11) is 0. The van der Waals surface area contributed by atoms with Crippen molar-refractivity contribution in [2.75, 3.05) is 0 Å².